The fourth-order valence-electron chi connectivity index (χ4n) is 3.24. The largest absolute Gasteiger partial charge is 0.482 e. The van der Waals surface area contributed by atoms with Crippen molar-refractivity contribution in [2.24, 2.45) is 0 Å². The third kappa shape index (κ3) is 6.47. The van der Waals surface area contributed by atoms with Crippen LogP contribution < -0.4 is 20.3 Å². The average Bonchev–Trinajstić information content (AvgIpc) is 2.80. The average molecular weight is 488 g/mol. The Morgan fingerprint density at radius 1 is 1.06 bits per heavy atom. The number of halogens is 2. The van der Waals surface area contributed by atoms with Gasteiger partial charge in [0.25, 0.3) is 5.91 Å². The maximum Gasteiger partial charge on any atom is 0.262 e. The van der Waals surface area contributed by atoms with Crippen LogP contribution in [0.2, 0.25) is 10.0 Å². The van der Waals surface area contributed by atoms with E-state index >= 15 is 0 Å². The van der Waals surface area contributed by atoms with E-state index in [9.17, 15) is 4.79 Å². The fourth-order valence-corrected chi connectivity index (χ4v) is 3.70. The van der Waals surface area contributed by atoms with Crippen molar-refractivity contribution in [3.63, 3.8) is 0 Å². The molecule has 8 nitrogen and oxygen atoms in total. The number of rotatable bonds is 7. The number of nitrogens with one attached hydrogen (secondary N) is 2. The van der Waals surface area contributed by atoms with Crippen molar-refractivity contribution in [2.75, 3.05) is 48.4 Å². The van der Waals surface area contributed by atoms with Crippen LogP contribution in [0.25, 0.3) is 0 Å². The molecule has 0 atom stereocenters. The monoisotopic (exact) mass is 487 g/mol. The molecule has 1 aliphatic heterocycles. The van der Waals surface area contributed by atoms with Crippen LogP contribution >= 0.6 is 23.2 Å². The predicted molar refractivity (Wildman–Crippen MR) is 130 cm³/mol. The predicted octanol–water partition coefficient (Wildman–Crippen LogP) is 4.69. The summed E-state index contributed by atoms with van der Waals surface area (Å²) < 4.78 is 10.9. The van der Waals surface area contributed by atoms with Gasteiger partial charge in [0.15, 0.2) is 6.61 Å². The molecule has 2 heterocycles. The zero-order chi connectivity index (χ0) is 23.2. The number of aryl methyl sites for hydroxylation is 1. The zero-order valence-electron chi connectivity index (χ0n) is 18.0. The van der Waals surface area contributed by atoms with Crippen LogP contribution in [0.4, 0.5) is 23.1 Å². The van der Waals surface area contributed by atoms with E-state index in [-0.39, 0.29) is 12.5 Å². The lowest BCUT2D eigenvalue weighted by Crippen LogP contribution is -2.37. The third-order valence-corrected chi connectivity index (χ3v) is 5.36. The van der Waals surface area contributed by atoms with Crippen LogP contribution in [0.3, 0.4) is 0 Å². The Morgan fingerprint density at radius 3 is 2.52 bits per heavy atom. The van der Waals surface area contributed by atoms with Crippen molar-refractivity contribution in [1.29, 1.82) is 0 Å². The van der Waals surface area contributed by atoms with E-state index in [4.69, 9.17) is 32.7 Å². The minimum absolute atomic E-state index is 0.175. The number of amides is 1. The maximum atomic E-state index is 12.2. The smallest absolute Gasteiger partial charge is 0.262 e. The number of ether oxygens (including phenoxy) is 2. The van der Waals surface area contributed by atoms with E-state index in [0.29, 0.717) is 46.5 Å². The number of morpholine rings is 1. The summed E-state index contributed by atoms with van der Waals surface area (Å²) in [6, 6.07) is 14.0. The van der Waals surface area contributed by atoms with Crippen LogP contribution in [0.15, 0.2) is 48.5 Å². The molecule has 1 fully saturated rings. The minimum Gasteiger partial charge on any atom is -0.482 e. The van der Waals surface area contributed by atoms with Gasteiger partial charge in [-0.05, 0) is 49.4 Å². The lowest BCUT2D eigenvalue weighted by atomic mass is 10.2. The molecule has 0 aliphatic carbocycles. The Hall–Kier alpha value is -3.07. The summed E-state index contributed by atoms with van der Waals surface area (Å²) in [4.78, 5) is 23.5. The molecule has 1 aromatic heterocycles. The minimum atomic E-state index is -0.302. The lowest BCUT2D eigenvalue weighted by Gasteiger charge is -2.27. The van der Waals surface area contributed by atoms with E-state index in [1.807, 2.05) is 25.1 Å². The highest BCUT2D eigenvalue weighted by atomic mass is 35.5. The summed E-state index contributed by atoms with van der Waals surface area (Å²) in [5, 5.41) is 6.93. The summed E-state index contributed by atoms with van der Waals surface area (Å²) in [6.07, 6.45) is 0. The summed E-state index contributed by atoms with van der Waals surface area (Å²) in [7, 11) is 0. The first kappa shape index (κ1) is 23.1. The first-order valence-corrected chi connectivity index (χ1v) is 11.1. The molecule has 4 rings (SSSR count). The molecule has 3 aromatic rings. The SMILES string of the molecule is Cc1cc(Nc2ccc(NC(=O)COc3ccc(Cl)cc3Cl)cc2)nc(N2CCOCC2)n1. The number of hydrogen-bond donors (Lipinski definition) is 2. The highest BCUT2D eigenvalue weighted by Crippen LogP contribution is 2.27. The van der Waals surface area contributed by atoms with Crippen molar-refractivity contribution in [1.82, 2.24) is 9.97 Å². The standard InChI is InChI=1S/C23H23Cl2N5O3/c1-15-12-21(29-23(26-15)30-8-10-32-11-9-30)27-17-3-5-18(6-4-17)28-22(31)14-33-20-7-2-16(24)13-19(20)25/h2-7,12-13H,8-11,14H2,1H3,(H,28,31)(H,26,27,29). The first-order valence-electron chi connectivity index (χ1n) is 10.4. The molecule has 1 saturated heterocycles. The normalized spacial score (nSPS) is 13.5. The van der Waals surface area contributed by atoms with E-state index < -0.39 is 0 Å². The van der Waals surface area contributed by atoms with Gasteiger partial charge >= 0.3 is 0 Å². The summed E-state index contributed by atoms with van der Waals surface area (Å²) in [5.41, 5.74) is 2.35. The molecule has 0 unspecified atom stereocenters. The number of carbonyl (C=O) groups excluding carboxylic acids is 1. The number of benzene rings is 2. The van der Waals surface area contributed by atoms with Gasteiger partial charge in [-0.3, -0.25) is 4.79 Å². The Kier molecular flexibility index (Phi) is 7.49. The van der Waals surface area contributed by atoms with Gasteiger partial charge in [0, 0.05) is 41.2 Å². The molecular formula is C23H23Cl2N5O3. The maximum absolute atomic E-state index is 12.2. The second kappa shape index (κ2) is 10.7. The van der Waals surface area contributed by atoms with E-state index in [1.54, 1.807) is 30.3 Å². The molecule has 0 radical (unpaired) electrons. The second-order valence-electron chi connectivity index (χ2n) is 7.41. The van der Waals surface area contributed by atoms with Crippen LogP contribution in [-0.2, 0) is 9.53 Å². The first-order chi connectivity index (χ1) is 16.0. The molecule has 0 spiro atoms. The molecule has 0 saturated carbocycles. The van der Waals surface area contributed by atoms with E-state index in [0.717, 1.165) is 24.5 Å². The van der Waals surface area contributed by atoms with Crippen LogP contribution in [-0.4, -0.2) is 48.8 Å². The number of anilines is 4. The number of aromatic nitrogens is 2. The Balaban J connectivity index is 1.33. The zero-order valence-corrected chi connectivity index (χ0v) is 19.5. The molecule has 10 heteroatoms. The Labute approximate surface area is 201 Å². The topological polar surface area (TPSA) is 88.6 Å². The van der Waals surface area contributed by atoms with Crippen molar-refractivity contribution in [2.45, 2.75) is 6.92 Å². The van der Waals surface area contributed by atoms with Gasteiger partial charge < -0.3 is 25.0 Å². The van der Waals surface area contributed by atoms with Crippen molar-refractivity contribution >= 4 is 52.3 Å². The van der Waals surface area contributed by atoms with Crippen molar-refractivity contribution < 1.29 is 14.3 Å². The molecular weight excluding hydrogens is 465 g/mol. The van der Waals surface area contributed by atoms with E-state index in [1.165, 1.54) is 0 Å². The quantitative estimate of drug-likeness (QED) is 0.499. The number of carbonyl (C=O) groups is 1. The lowest BCUT2D eigenvalue weighted by molar-refractivity contribution is -0.118. The van der Waals surface area contributed by atoms with Crippen LogP contribution in [0, 0.1) is 6.92 Å². The highest BCUT2D eigenvalue weighted by molar-refractivity contribution is 6.35. The van der Waals surface area contributed by atoms with Crippen LogP contribution in [0.1, 0.15) is 5.69 Å². The molecule has 0 bridgehead atoms. The van der Waals surface area contributed by atoms with Gasteiger partial charge in [-0.2, -0.15) is 4.98 Å². The Bertz CT molecular complexity index is 1120. The molecule has 2 aromatic carbocycles. The number of nitrogens with zero attached hydrogens (tertiary/aromatic N) is 3. The van der Waals surface area contributed by atoms with Crippen molar-refractivity contribution in [3.05, 3.63) is 64.3 Å². The third-order valence-electron chi connectivity index (χ3n) is 4.83. The number of hydrogen-bond acceptors (Lipinski definition) is 7. The molecule has 1 amide bonds. The summed E-state index contributed by atoms with van der Waals surface area (Å²) in [5.74, 6) is 1.48. The second-order valence-corrected chi connectivity index (χ2v) is 8.25. The summed E-state index contributed by atoms with van der Waals surface area (Å²) >= 11 is 11.9. The van der Waals surface area contributed by atoms with Gasteiger partial charge in [0.2, 0.25) is 5.95 Å². The van der Waals surface area contributed by atoms with Gasteiger partial charge in [-0.1, -0.05) is 23.2 Å². The summed E-state index contributed by atoms with van der Waals surface area (Å²) in [6.45, 7) is 4.65. The molecule has 1 aliphatic rings. The highest BCUT2D eigenvalue weighted by Gasteiger charge is 2.15. The molecule has 172 valence electrons. The van der Waals surface area contributed by atoms with Crippen LogP contribution in [0.5, 0.6) is 5.75 Å². The fraction of sp³-hybridized carbons (Fsp3) is 0.261. The van der Waals surface area contributed by atoms with Gasteiger partial charge in [0.1, 0.15) is 11.6 Å². The molecule has 2 N–H and O–H groups in total. The van der Waals surface area contributed by atoms with Gasteiger partial charge in [0.05, 0.1) is 18.2 Å². The van der Waals surface area contributed by atoms with Crippen molar-refractivity contribution in [3.8, 4) is 5.75 Å². The van der Waals surface area contributed by atoms with Gasteiger partial charge in [-0.25, -0.2) is 4.98 Å². The Morgan fingerprint density at radius 2 is 1.79 bits per heavy atom. The van der Waals surface area contributed by atoms with Gasteiger partial charge in [-0.15, -0.1) is 0 Å². The van der Waals surface area contributed by atoms with E-state index in [2.05, 4.69) is 25.5 Å². The molecule has 33 heavy (non-hydrogen) atoms.